The number of aliphatic hydroxyl groups excluding tert-OH is 1. The molecule has 3 fully saturated rings. The molecule has 7 nitrogen and oxygen atoms in total. The third-order valence-corrected chi connectivity index (χ3v) is 4.59. The Kier molecular flexibility index (Phi) is 3.55. The first kappa shape index (κ1) is 13.6. The normalized spacial score (nSPS) is 37.0. The number of amides is 2. The van der Waals surface area contributed by atoms with Gasteiger partial charge >= 0.3 is 12.0 Å². The maximum atomic E-state index is 12.7. The second-order valence-corrected chi connectivity index (χ2v) is 5.82. The summed E-state index contributed by atoms with van der Waals surface area (Å²) in [6.07, 6.45) is 2.66. The predicted octanol–water partition coefficient (Wildman–Crippen LogP) is -0.120. The quantitative estimate of drug-likeness (QED) is 0.700. The minimum absolute atomic E-state index is 0.0485. The summed E-state index contributed by atoms with van der Waals surface area (Å²) in [5.41, 5.74) is 0. The standard InChI is InChI=1S/C13H20N2O5/c16-10-5-8-1-2-9(6-10)15(8)13(19)14-3-4-20-7-11(14)12(17)18/h8-11,16H,1-7H2,(H,17,18). The molecule has 0 aromatic heterocycles. The number of aliphatic hydroxyl groups is 1. The van der Waals surface area contributed by atoms with E-state index in [9.17, 15) is 19.8 Å². The Bertz CT molecular complexity index is 402. The molecule has 0 aromatic rings. The highest BCUT2D eigenvalue weighted by molar-refractivity contribution is 5.83. The van der Waals surface area contributed by atoms with Crippen molar-refractivity contribution in [3.63, 3.8) is 0 Å². The highest BCUT2D eigenvalue weighted by Gasteiger charge is 2.46. The van der Waals surface area contributed by atoms with Crippen molar-refractivity contribution in [3.8, 4) is 0 Å². The van der Waals surface area contributed by atoms with Crippen LogP contribution in [0.15, 0.2) is 0 Å². The minimum Gasteiger partial charge on any atom is -0.480 e. The van der Waals surface area contributed by atoms with E-state index in [4.69, 9.17) is 4.74 Å². The van der Waals surface area contributed by atoms with E-state index in [-0.39, 0.29) is 30.8 Å². The molecule has 3 heterocycles. The van der Waals surface area contributed by atoms with Gasteiger partial charge < -0.3 is 24.7 Å². The molecular formula is C13H20N2O5. The molecule has 0 aromatic carbocycles. The van der Waals surface area contributed by atoms with Crippen LogP contribution in [0.1, 0.15) is 25.7 Å². The van der Waals surface area contributed by atoms with Gasteiger partial charge in [0.05, 0.1) is 19.3 Å². The van der Waals surface area contributed by atoms with Gasteiger partial charge in [0.2, 0.25) is 0 Å². The minimum atomic E-state index is -1.03. The first-order chi connectivity index (χ1) is 9.58. The Morgan fingerprint density at radius 3 is 2.40 bits per heavy atom. The highest BCUT2D eigenvalue weighted by Crippen LogP contribution is 2.36. The second kappa shape index (κ2) is 5.21. The number of piperidine rings is 1. The zero-order valence-corrected chi connectivity index (χ0v) is 11.3. The molecular weight excluding hydrogens is 264 g/mol. The molecule has 2 N–H and O–H groups in total. The molecule has 3 saturated heterocycles. The fourth-order valence-corrected chi connectivity index (χ4v) is 3.65. The first-order valence-corrected chi connectivity index (χ1v) is 7.15. The van der Waals surface area contributed by atoms with Gasteiger partial charge in [-0.3, -0.25) is 0 Å². The molecule has 3 unspecified atom stereocenters. The van der Waals surface area contributed by atoms with E-state index in [1.165, 1.54) is 4.90 Å². The number of carbonyl (C=O) groups excluding carboxylic acids is 1. The van der Waals surface area contributed by atoms with Crippen LogP contribution in [0.4, 0.5) is 4.79 Å². The van der Waals surface area contributed by atoms with Crippen LogP contribution in [-0.2, 0) is 9.53 Å². The SMILES string of the molecule is O=C(O)C1COCCN1C(=O)N1C2CCC1CC(O)C2. The number of fused-ring (bicyclic) bond motifs is 2. The number of ether oxygens (including phenoxy) is 1. The van der Waals surface area contributed by atoms with Crippen molar-refractivity contribution in [1.82, 2.24) is 9.80 Å². The number of urea groups is 1. The molecule has 0 aliphatic carbocycles. The van der Waals surface area contributed by atoms with Crippen molar-refractivity contribution in [2.75, 3.05) is 19.8 Å². The van der Waals surface area contributed by atoms with E-state index in [1.807, 2.05) is 0 Å². The van der Waals surface area contributed by atoms with Crippen molar-refractivity contribution >= 4 is 12.0 Å². The average molecular weight is 284 g/mol. The number of carboxylic acid groups (broad SMARTS) is 1. The summed E-state index contributed by atoms with van der Waals surface area (Å²) in [6.45, 7) is 0.739. The molecule has 0 saturated carbocycles. The van der Waals surface area contributed by atoms with Gasteiger partial charge in [0.1, 0.15) is 0 Å². The van der Waals surface area contributed by atoms with Crippen molar-refractivity contribution in [2.24, 2.45) is 0 Å². The van der Waals surface area contributed by atoms with Crippen molar-refractivity contribution in [3.05, 3.63) is 0 Å². The lowest BCUT2D eigenvalue weighted by Gasteiger charge is -2.42. The number of aliphatic carboxylic acids is 1. The molecule has 2 bridgehead atoms. The van der Waals surface area contributed by atoms with Gasteiger partial charge in [-0.05, 0) is 25.7 Å². The van der Waals surface area contributed by atoms with Crippen molar-refractivity contribution in [1.29, 1.82) is 0 Å². The van der Waals surface area contributed by atoms with Gasteiger partial charge in [0, 0.05) is 18.6 Å². The predicted molar refractivity (Wildman–Crippen MR) is 68.2 cm³/mol. The maximum absolute atomic E-state index is 12.7. The number of carbonyl (C=O) groups is 2. The Hall–Kier alpha value is -1.34. The van der Waals surface area contributed by atoms with Gasteiger partial charge in [-0.2, -0.15) is 0 Å². The molecule has 20 heavy (non-hydrogen) atoms. The molecule has 3 aliphatic heterocycles. The Balaban J connectivity index is 1.76. The van der Waals surface area contributed by atoms with E-state index in [1.54, 1.807) is 4.90 Å². The lowest BCUT2D eigenvalue weighted by Crippen LogP contribution is -2.60. The number of hydrogen-bond donors (Lipinski definition) is 2. The van der Waals surface area contributed by atoms with Gasteiger partial charge in [-0.1, -0.05) is 0 Å². The number of rotatable bonds is 1. The fourth-order valence-electron chi connectivity index (χ4n) is 3.65. The summed E-state index contributed by atoms with van der Waals surface area (Å²) in [7, 11) is 0. The molecule has 3 aliphatic rings. The summed E-state index contributed by atoms with van der Waals surface area (Å²) in [6, 6.07) is -1.01. The lowest BCUT2D eigenvalue weighted by molar-refractivity contribution is -0.148. The Labute approximate surface area is 117 Å². The van der Waals surface area contributed by atoms with Crippen LogP contribution >= 0.6 is 0 Å². The van der Waals surface area contributed by atoms with Gasteiger partial charge in [-0.15, -0.1) is 0 Å². The number of morpholine rings is 1. The van der Waals surface area contributed by atoms with E-state index in [0.717, 1.165) is 12.8 Å². The smallest absolute Gasteiger partial charge is 0.328 e. The van der Waals surface area contributed by atoms with E-state index >= 15 is 0 Å². The Morgan fingerprint density at radius 1 is 1.15 bits per heavy atom. The zero-order valence-electron chi connectivity index (χ0n) is 11.3. The monoisotopic (exact) mass is 284 g/mol. The number of hydrogen-bond acceptors (Lipinski definition) is 4. The van der Waals surface area contributed by atoms with E-state index in [2.05, 4.69) is 0 Å². The van der Waals surface area contributed by atoms with E-state index in [0.29, 0.717) is 26.0 Å². The maximum Gasteiger partial charge on any atom is 0.328 e. The van der Waals surface area contributed by atoms with Crippen LogP contribution in [0, 0.1) is 0 Å². The summed E-state index contributed by atoms with van der Waals surface area (Å²) >= 11 is 0. The van der Waals surface area contributed by atoms with Gasteiger partial charge in [-0.25, -0.2) is 9.59 Å². The molecule has 112 valence electrons. The van der Waals surface area contributed by atoms with Gasteiger partial charge in [0.25, 0.3) is 0 Å². The van der Waals surface area contributed by atoms with Crippen LogP contribution in [0.5, 0.6) is 0 Å². The molecule has 0 spiro atoms. The molecule has 7 heteroatoms. The number of carboxylic acids is 1. The molecule has 3 atom stereocenters. The lowest BCUT2D eigenvalue weighted by atomic mass is 10.0. The van der Waals surface area contributed by atoms with Crippen LogP contribution in [0.2, 0.25) is 0 Å². The topological polar surface area (TPSA) is 90.3 Å². The molecule has 0 radical (unpaired) electrons. The fraction of sp³-hybridized carbons (Fsp3) is 0.846. The Morgan fingerprint density at radius 2 is 1.80 bits per heavy atom. The zero-order chi connectivity index (χ0) is 14.3. The third kappa shape index (κ3) is 2.25. The molecule has 3 rings (SSSR count). The highest BCUT2D eigenvalue weighted by atomic mass is 16.5. The average Bonchev–Trinajstić information content (AvgIpc) is 2.70. The summed E-state index contributed by atoms with van der Waals surface area (Å²) in [5.74, 6) is -1.03. The summed E-state index contributed by atoms with van der Waals surface area (Å²) in [5, 5.41) is 19.0. The van der Waals surface area contributed by atoms with E-state index < -0.39 is 12.0 Å². The van der Waals surface area contributed by atoms with Crippen LogP contribution in [0.25, 0.3) is 0 Å². The van der Waals surface area contributed by atoms with Crippen molar-refractivity contribution < 1.29 is 24.5 Å². The first-order valence-electron chi connectivity index (χ1n) is 7.15. The van der Waals surface area contributed by atoms with Gasteiger partial charge in [0.15, 0.2) is 6.04 Å². The summed E-state index contributed by atoms with van der Waals surface area (Å²) in [4.78, 5) is 27.1. The van der Waals surface area contributed by atoms with Crippen LogP contribution in [-0.4, -0.2) is 76.0 Å². The third-order valence-electron chi connectivity index (χ3n) is 4.59. The number of nitrogens with zero attached hydrogens (tertiary/aromatic N) is 2. The largest absolute Gasteiger partial charge is 0.480 e. The summed E-state index contributed by atoms with van der Waals surface area (Å²) < 4.78 is 5.16. The van der Waals surface area contributed by atoms with Crippen molar-refractivity contribution in [2.45, 2.75) is 49.9 Å². The molecule has 2 amide bonds. The van der Waals surface area contributed by atoms with Crippen LogP contribution in [0.3, 0.4) is 0 Å². The second-order valence-electron chi connectivity index (χ2n) is 5.82. The van der Waals surface area contributed by atoms with Crippen LogP contribution < -0.4 is 0 Å².